The van der Waals surface area contributed by atoms with Crippen molar-refractivity contribution in [2.24, 2.45) is 0 Å². The molecule has 0 radical (unpaired) electrons. The van der Waals surface area contributed by atoms with Crippen molar-refractivity contribution in [2.45, 2.75) is 5.60 Å². The first-order valence-electron chi connectivity index (χ1n) is 10.8. The lowest BCUT2D eigenvalue weighted by Crippen LogP contribution is -2.46. The summed E-state index contributed by atoms with van der Waals surface area (Å²) < 4.78 is 11.3. The second kappa shape index (κ2) is 12.8. The van der Waals surface area contributed by atoms with E-state index < -0.39 is 17.5 Å². The number of amides is 1. The maximum Gasteiger partial charge on any atom is 0.268 e. The van der Waals surface area contributed by atoms with Crippen LogP contribution in [0.3, 0.4) is 0 Å². The number of carbonyl (C=O) groups excluding carboxylic acids is 3. The van der Waals surface area contributed by atoms with Crippen molar-refractivity contribution in [3.8, 4) is 0 Å². The Bertz CT molecular complexity index is 1020. The highest BCUT2D eigenvalue weighted by molar-refractivity contribution is 6.09. The van der Waals surface area contributed by atoms with Crippen LogP contribution in [0.15, 0.2) is 66.7 Å². The fourth-order valence-electron chi connectivity index (χ4n) is 4.11. The fraction of sp³-hybridized carbons (Fsp3) is 0.320. The zero-order chi connectivity index (χ0) is 24.6. The van der Waals surface area contributed by atoms with Crippen LogP contribution in [0.1, 0.15) is 11.1 Å². The van der Waals surface area contributed by atoms with Gasteiger partial charge in [-0.3, -0.25) is 9.69 Å². The van der Waals surface area contributed by atoms with Crippen LogP contribution in [-0.4, -0.2) is 74.7 Å². The number of aliphatic carboxylic acids is 2. The van der Waals surface area contributed by atoms with Crippen molar-refractivity contribution in [1.29, 1.82) is 0 Å². The molecule has 1 atom stereocenters. The van der Waals surface area contributed by atoms with Gasteiger partial charge in [-0.15, -0.1) is 0 Å². The number of hydrogen-bond donors (Lipinski definition) is 0. The molecule has 0 spiro atoms. The number of morpholine rings is 1. The van der Waals surface area contributed by atoms with Gasteiger partial charge in [-0.1, -0.05) is 48.5 Å². The number of fused-ring (bicyclic) bond motifs is 1. The minimum atomic E-state index is -1.55. The maximum atomic E-state index is 13.5. The summed E-state index contributed by atoms with van der Waals surface area (Å²) in [7, 11) is 1.62. The average Bonchev–Trinajstić information content (AvgIpc) is 3.11. The number of para-hydroxylation sites is 1. The standard InChI is InChI=1S/C21H24N2O3.C4H4O4.H2O/c1-25-21(17-7-3-2-4-8-17)18-9-5-6-10-19(18)23(20(21)24)12-11-22-13-15-26-16-14-22;5-3(6)1-2-4(7)8;/h2-10H,11-16H2,1H3;1-2H,(H,5,6)(H,7,8);1H2/p-2/b;2-1-;. The summed E-state index contributed by atoms with van der Waals surface area (Å²) in [4.78, 5) is 36.6. The van der Waals surface area contributed by atoms with Crippen LogP contribution >= 0.6 is 0 Å². The molecule has 1 fully saturated rings. The lowest BCUT2D eigenvalue weighted by atomic mass is 9.87. The van der Waals surface area contributed by atoms with Gasteiger partial charge in [-0.2, -0.15) is 0 Å². The summed E-state index contributed by atoms with van der Waals surface area (Å²) in [5.41, 5.74) is 1.66. The molecular formula is C25H28N2O8-2. The predicted octanol–water partition coefficient (Wildman–Crippen LogP) is -1.53. The van der Waals surface area contributed by atoms with Crippen molar-refractivity contribution in [1.82, 2.24) is 4.90 Å². The molecule has 2 aliphatic rings. The summed E-state index contributed by atoms with van der Waals surface area (Å²) in [5.74, 6) is -3.11. The summed E-state index contributed by atoms with van der Waals surface area (Å²) in [6.07, 6.45) is 0.769. The molecule has 2 aromatic carbocycles. The first-order valence-corrected chi connectivity index (χ1v) is 10.8. The monoisotopic (exact) mass is 484 g/mol. The topological polar surface area (TPSA) is 154 Å². The maximum absolute atomic E-state index is 13.5. The van der Waals surface area contributed by atoms with Crippen molar-refractivity contribution < 1.29 is 39.5 Å². The quantitative estimate of drug-likeness (QED) is 0.429. The van der Waals surface area contributed by atoms with Crippen molar-refractivity contribution in [3.05, 3.63) is 77.9 Å². The van der Waals surface area contributed by atoms with Gasteiger partial charge < -0.3 is 39.7 Å². The number of rotatable bonds is 7. The van der Waals surface area contributed by atoms with Gasteiger partial charge >= 0.3 is 0 Å². The normalized spacial score (nSPS) is 19.5. The van der Waals surface area contributed by atoms with Gasteiger partial charge in [0.25, 0.3) is 5.91 Å². The molecule has 2 N–H and O–H groups in total. The van der Waals surface area contributed by atoms with Gasteiger partial charge in [-0.05, 0) is 23.8 Å². The number of nitrogens with zero attached hydrogens (tertiary/aromatic N) is 2. The predicted molar refractivity (Wildman–Crippen MR) is 123 cm³/mol. The molecule has 0 aliphatic carbocycles. The van der Waals surface area contributed by atoms with Crippen LogP contribution < -0.4 is 15.1 Å². The molecule has 2 aliphatic heterocycles. The Morgan fingerprint density at radius 2 is 1.54 bits per heavy atom. The second-order valence-electron chi connectivity index (χ2n) is 7.65. The number of benzene rings is 2. The third kappa shape index (κ3) is 6.31. The largest absolute Gasteiger partial charge is 0.545 e. The van der Waals surface area contributed by atoms with E-state index in [-0.39, 0.29) is 11.4 Å². The van der Waals surface area contributed by atoms with Gasteiger partial charge in [0.1, 0.15) is 0 Å². The lowest BCUT2D eigenvalue weighted by molar-refractivity contribution is -0.301. The number of carbonyl (C=O) groups is 3. The highest BCUT2D eigenvalue weighted by Crippen LogP contribution is 2.46. The fourth-order valence-corrected chi connectivity index (χ4v) is 4.11. The molecule has 0 aromatic heterocycles. The van der Waals surface area contributed by atoms with E-state index >= 15 is 0 Å². The molecular weight excluding hydrogens is 456 g/mol. The number of ether oxygens (including phenoxy) is 2. The van der Waals surface area contributed by atoms with Crippen molar-refractivity contribution >= 4 is 23.5 Å². The van der Waals surface area contributed by atoms with E-state index in [0.29, 0.717) is 18.7 Å². The summed E-state index contributed by atoms with van der Waals surface area (Å²) in [6, 6.07) is 17.7. The van der Waals surface area contributed by atoms with E-state index in [4.69, 9.17) is 9.47 Å². The third-order valence-electron chi connectivity index (χ3n) is 5.71. The molecule has 188 valence electrons. The Kier molecular flexibility index (Phi) is 10.1. The molecule has 10 nitrogen and oxygen atoms in total. The van der Waals surface area contributed by atoms with Crippen LogP contribution in [0, 0.1) is 0 Å². The van der Waals surface area contributed by atoms with E-state index in [1.807, 2.05) is 59.5 Å². The van der Waals surface area contributed by atoms with Crippen molar-refractivity contribution in [2.75, 3.05) is 51.4 Å². The Balaban J connectivity index is 0.000000418. The van der Waals surface area contributed by atoms with E-state index in [1.165, 1.54) is 0 Å². The van der Waals surface area contributed by atoms with E-state index in [1.54, 1.807) is 7.11 Å². The minimum Gasteiger partial charge on any atom is -0.545 e. The molecule has 1 amide bonds. The number of carboxylic acids is 2. The zero-order valence-corrected chi connectivity index (χ0v) is 19.3. The zero-order valence-electron chi connectivity index (χ0n) is 19.3. The van der Waals surface area contributed by atoms with E-state index in [9.17, 15) is 24.6 Å². The van der Waals surface area contributed by atoms with E-state index in [2.05, 4.69) is 4.90 Å². The molecule has 2 aromatic rings. The average molecular weight is 485 g/mol. The minimum absolute atomic E-state index is 0. The van der Waals surface area contributed by atoms with Gasteiger partial charge in [0.15, 0.2) is 5.60 Å². The number of anilines is 1. The van der Waals surface area contributed by atoms with Gasteiger partial charge in [0.2, 0.25) is 0 Å². The Labute approximate surface area is 203 Å². The van der Waals surface area contributed by atoms with Crippen LogP contribution in [0.4, 0.5) is 5.69 Å². The molecule has 0 bridgehead atoms. The highest BCUT2D eigenvalue weighted by Gasteiger charge is 2.52. The van der Waals surface area contributed by atoms with Gasteiger partial charge in [-0.25, -0.2) is 0 Å². The number of carboxylic acid groups (broad SMARTS) is 2. The van der Waals surface area contributed by atoms with Crippen LogP contribution in [-0.2, 0) is 29.5 Å². The van der Waals surface area contributed by atoms with E-state index in [0.717, 1.165) is 49.7 Å². The van der Waals surface area contributed by atoms with Gasteiger partial charge in [0.05, 0.1) is 30.8 Å². The highest BCUT2D eigenvalue weighted by atomic mass is 16.5. The Morgan fingerprint density at radius 3 is 2.11 bits per heavy atom. The molecule has 35 heavy (non-hydrogen) atoms. The second-order valence-corrected chi connectivity index (χ2v) is 7.65. The molecule has 10 heteroatoms. The SMILES string of the molecule is COC1(c2ccccc2)C(=O)N(CCN2CCOCC2)c2ccccc21.O.O=C([O-])/C=C\C(=O)[O-]. The van der Waals surface area contributed by atoms with Crippen LogP contribution in [0.5, 0.6) is 0 Å². The molecule has 1 unspecified atom stereocenters. The van der Waals surface area contributed by atoms with Crippen LogP contribution in [0.25, 0.3) is 0 Å². The molecule has 2 heterocycles. The van der Waals surface area contributed by atoms with Crippen LogP contribution in [0.2, 0.25) is 0 Å². The Hall–Kier alpha value is -3.57. The lowest BCUT2D eigenvalue weighted by Gasteiger charge is -2.30. The van der Waals surface area contributed by atoms with Crippen molar-refractivity contribution in [3.63, 3.8) is 0 Å². The smallest absolute Gasteiger partial charge is 0.268 e. The van der Waals surface area contributed by atoms with Gasteiger partial charge in [0, 0.05) is 38.9 Å². The molecule has 0 saturated carbocycles. The number of hydrogen-bond acceptors (Lipinski definition) is 8. The summed E-state index contributed by atoms with van der Waals surface area (Å²) in [5, 5.41) is 18.8. The molecule has 4 rings (SSSR count). The summed E-state index contributed by atoms with van der Waals surface area (Å²) in [6.45, 7) is 4.83. The Morgan fingerprint density at radius 1 is 0.971 bits per heavy atom. The first-order chi connectivity index (χ1) is 16.4. The summed E-state index contributed by atoms with van der Waals surface area (Å²) >= 11 is 0. The number of methoxy groups -OCH3 is 1. The third-order valence-corrected chi connectivity index (χ3v) is 5.71. The molecule has 1 saturated heterocycles. The first kappa shape index (κ1) is 27.7.